The molecule has 0 saturated heterocycles. The first-order valence-electron chi connectivity index (χ1n) is 4.56. The van der Waals surface area contributed by atoms with Crippen LogP contribution in [0.2, 0.25) is 0 Å². The lowest BCUT2D eigenvalue weighted by molar-refractivity contribution is 0.281. The lowest BCUT2D eigenvalue weighted by atomic mass is 10.1. The molecular formula is C10H14N2O. The molecule has 0 unspecified atom stereocenters. The van der Waals surface area contributed by atoms with Crippen LogP contribution in [0.25, 0.3) is 0 Å². The molecule has 0 radical (unpaired) electrons. The van der Waals surface area contributed by atoms with E-state index in [1.54, 1.807) is 6.20 Å². The summed E-state index contributed by atoms with van der Waals surface area (Å²) < 4.78 is 0. The molecule has 70 valence electrons. The first-order chi connectivity index (χ1) is 6.30. The number of nitrogens with one attached hydrogen (secondary N) is 1. The topological polar surface area (TPSA) is 45.1 Å². The Morgan fingerprint density at radius 1 is 1.62 bits per heavy atom. The quantitative estimate of drug-likeness (QED) is 0.719. The maximum atomic E-state index is 8.97. The summed E-state index contributed by atoms with van der Waals surface area (Å²) in [5.41, 5.74) is 2.10. The molecule has 0 aliphatic heterocycles. The molecule has 0 bridgehead atoms. The van der Waals surface area contributed by atoms with E-state index in [0.29, 0.717) is 0 Å². The molecule has 1 fully saturated rings. The number of pyridine rings is 1. The summed E-state index contributed by atoms with van der Waals surface area (Å²) >= 11 is 0. The summed E-state index contributed by atoms with van der Waals surface area (Å²) in [6.45, 7) is 0.0926. The van der Waals surface area contributed by atoms with E-state index in [1.807, 2.05) is 19.2 Å². The summed E-state index contributed by atoms with van der Waals surface area (Å²) in [6.07, 6.45) is 4.05. The highest BCUT2D eigenvalue weighted by Gasteiger charge is 2.44. The van der Waals surface area contributed by atoms with E-state index in [0.717, 1.165) is 24.1 Å². The van der Waals surface area contributed by atoms with E-state index in [2.05, 4.69) is 10.3 Å². The third-order valence-electron chi connectivity index (χ3n) is 2.73. The van der Waals surface area contributed by atoms with E-state index >= 15 is 0 Å². The van der Waals surface area contributed by atoms with Gasteiger partial charge in [-0.25, -0.2) is 0 Å². The van der Waals surface area contributed by atoms with Crippen molar-refractivity contribution in [2.75, 3.05) is 7.05 Å². The highest BCUT2D eigenvalue weighted by molar-refractivity contribution is 5.26. The van der Waals surface area contributed by atoms with Crippen molar-refractivity contribution in [1.29, 1.82) is 0 Å². The second-order valence-corrected chi connectivity index (χ2v) is 3.54. The van der Waals surface area contributed by atoms with Gasteiger partial charge in [0.15, 0.2) is 0 Å². The zero-order chi connectivity index (χ0) is 9.31. The first kappa shape index (κ1) is 8.66. The number of aliphatic hydroxyl groups excluding tert-OH is 1. The molecule has 2 rings (SSSR count). The summed E-state index contributed by atoms with van der Waals surface area (Å²) in [4.78, 5) is 4.32. The van der Waals surface area contributed by atoms with Gasteiger partial charge in [-0.1, -0.05) is 0 Å². The second-order valence-electron chi connectivity index (χ2n) is 3.54. The predicted octanol–water partition coefficient (Wildman–Crippen LogP) is 0.782. The normalized spacial score (nSPS) is 18.6. The van der Waals surface area contributed by atoms with Crippen LogP contribution in [0.5, 0.6) is 0 Å². The standard InChI is InChI=1S/C10H14N2O/c1-11-10(3-4-10)9-6-8(7-13)2-5-12-9/h2,5-6,11,13H,3-4,7H2,1H3. The summed E-state index contributed by atoms with van der Waals surface area (Å²) in [5.74, 6) is 0. The minimum Gasteiger partial charge on any atom is -0.392 e. The number of aliphatic hydroxyl groups is 1. The van der Waals surface area contributed by atoms with Gasteiger partial charge >= 0.3 is 0 Å². The van der Waals surface area contributed by atoms with Crippen molar-refractivity contribution >= 4 is 0 Å². The maximum Gasteiger partial charge on any atom is 0.0683 e. The molecule has 1 aliphatic rings. The molecule has 1 heterocycles. The third kappa shape index (κ3) is 1.45. The van der Waals surface area contributed by atoms with Crippen LogP contribution in [-0.2, 0) is 12.1 Å². The molecule has 1 aromatic rings. The molecule has 1 aromatic heterocycles. The van der Waals surface area contributed by atoms with Crippen molar-refractivity contribution < 1.29 is 5.11 Å². The fourth-order valence-corrected chi connectivity index (χ4v) is 1.59. The van der Waals surface area contributed by atoms with Crippen LogP contribution in [0.15, 0.2) is 18.3 Å². The average molecular weight is 178 g/mol. The molecular weight excluding hydrogens is 164 g/mol. The van der Waals surface area contributed by atoms with Crippen molar-refractivity contribution in [3.63, 3.8) is 0 Å². The van der Waals surface area contributed by atoms with Gasteiger partial charge in [0.25, 0.3) is 0 Å². The Morgan fingerprint density at radius 2 is 2.38 bits per heavy atom. The number of aromatic nitrogens is 1. The van der Waals surface area contributed by atoms with Gasteiger partial charge in [-0.2, -0.15) is 0 Å². The maximum absolute atomic E-state index is 8.97. The minimum absolute atomic E-state index is 0.0926. The summed E-state index contributed by atoms with van der Waals surface area (Å²) in [7, 11) is 1.96. The van der Waals surface area contributed by atoms with Crippen LogP contribution in [0, 0.1) is 0 Å². The first-order valence-corrected chi connectivity index (χ1v) is 4.56. The van der Waals surface area contributed by atoms with Gasteiger partial charge in [-0.3, -0.25) is 4.98 Å². The van der Waals surface area contributed by atoms with E-state index in [4.69, 9.17) is 5.11 Å². The van der Waals surface area contributed by atoms with Crippen molar-refractivity contribution in [2.24, 2.45) is 0 Å². The Morgan fingerprint density at radius 3 is 2.92 bits per heavy atom. The SMILES string of the molecule is CNC1(c2cc(CO)ccn2)CC1. The molecule has 0 spiro atoms. The van der Waals surface area contributed by atoms with E-state index < -0.39 is 0 Å². The van der Waals surface area contributed by atoms with Gasteiger partial charge in [0, 0.05) is 6.20 Å². The number of hydrogen-bond acceptors (Lipinski definition) is 3. The minimum atomic E-state index is 0.0926. The Hall–Kier alpha value is -0.930. The number of rotatable bonds is 3. The molecule has 3 nitrogen and oxygen atoms in total. The van der Waals surface area contributed by atoms with E-state index in [1.165, 1.54) is 0 Å². The number of hydrogen-bond donors (Lipinski definition) is 2. The number of nitrogens with zero attached hydrogens (tertiary/aromatic N) is 1. The Kier molecular flexibility index (Phi) is 2.06. The van der Waals surface area contributed by atoms with Gasteiger partial charge in [0.2, 0.25) is 0 Å². The molecule has 1 saturated carbocycles. The van der Waals surface area contributed by atoms with Crippen molar-refractivity contribution in [2.45, 2.75) is 25.0 Å². The van der Waals surface area contributed by atoms with Gasteiger partial charge < -0.3 is 10.4 Å². The largest absolute Gasteiger partial charge is 0.392 e. The van der Waals surface area contributed by atoms with Crippen molar-refractivity contribution in [3.05, 3.63) is 29.6 Å². The second kappa shape index (κ2) is 3.09. The molecule has 0 aromatic carbocycles. The van der Waals surface area contributed by atoms with Crippen LogP contribution in [0.4, 0.5) is 0 Å². The fourth-order valence-electron chi connectivity index (χ4n) is 1.59. The van der Waals surface area contributed by atoms with Gasteiger partial charge in [0.05, 0.1) is 17.8 Å². The lowest BCUT2D eigenvalue weighted by Gasteiger charge is -2.13. The van der Waals surface area contributed by atoms with E-state index in [9.17, 15) is 0 Å². The Bertz CT molecular complexity index is 308. The van der Waals surface area contributed by atoms with Gasteiger partial charge in [0.1, 0.15) is 0 Å². The van der Waals surface area contributed by atoms with Crippen LogP contribution >= 0.6 is 0 Å². The zero-order valence-corrected chi connectivity index (χ0v) is 7.75. The monoisotopic (exact) mass is 178 g/mol. The van der Waals surface area contributed by atoms with Crippen molar-refractivity contribution in [1.82, 2.24) is 10.3 Å². The van der Waals surface area contributed by atoms with Crippen LogP contribution < -0.4 is 5.32 Å². The molecule has 1 aliphatic carbocycles. The van der Waals surface area contributed by atoms with Gasteiger partial charge in [-0.05, 0) is 37.6 Å². The molecule has 13 heavy (non-hydrogen) atoms. The van der Waals surface area contributed by atoms with Crippen LogP contribution in [0.3, 0.4) is 0 Å². The van der Waals surface area contributed by atoms with Crippen LogP contribution in [-0.4, -0.2) is 17.1 Å². The Balaban J connectivity index is 2.30. The average Bonchev–Trinajstić information content (AvgIpc) is 2.99. The lowest BCUT2D eigenvalue weighted by Crippen LogP contribution is -2.25. The smallest absolute Gasteiger partial charge is 0.0683 e. The Labute approximate surface area is 77.8 Å². The van der Waals surface area contributed by atoms with E-state index in [-0.39, 0.29) is 12.1 Å². The molecule has 0 atom stereocenters. The molecule has 2 N–H and O–H groups in total. The highest BCUT2D eigenvalue weighted by atomic mass is 16.3. The third-order valence-corrected chi connectivity index (χ3v) is 2.73. The molecule has 0 amide bonds. The zero-order valence-electron chi connectivity index (χ0n) is 7.75. The predicted molar refractivity (Wildman–Crippen MR) is 50.1 cm³/mol. The highest BCUT2D eigenvalue weighted by Crippen LogP contribution is 2.44. The fraction of sp³-hybridized carbons (Fsp3) is 0.500. The summed E-state index contributed by atoms with van der Waals surface area (Å²) in [5, 5.41) is 12.2. The molecule has 3 heteroatoms. The van der Waals surface area contributed by atoms with Crippen molar-refractivity contribution in [3.8, 4) is 0 Å². The van der Waals surface area contributed by atoms with Gasteiger partial charge in [-0.15, -0.1) is 0 Å². The van der Waals surface area contributed by atoms with Crippen LogP contribution in [0.1, 0.15) is 24.1 Å². The summed E-state index contributed by atoms with van der Waals surface area (Å²) in [6, 6.07) is 3.82.